The van der Waals surface area contributed by atoms with Crippen molar-refractivity contribution in [2.45, 2.75) is 38.8 Å². The van der Waals surface area contributed by atoms with Crippen LogP contribution in [0, 0.1) is 0 Å². The average Bonchev–Trinajstić information content (AvgIpc) is 3.24. The van der Waals surface area contributed by atoms with Gasteiger partial charge in [-0.2, -0.15) is 0 Å². The van der Waals surface area contributed by atoms with Crippen molar-refractivity contribution in [1.82, 2.24) is 9.88 Å². The summed E-state index contributed by atoms with van der Waals surface area (Å²) in [6, 6.07) is 13.0. The Bertz CT molecular complexity index is 1420. The molecule has 1 amide bonds. The summed E-state index contributed by atoms with van der Waals surface area (Å²) >= 11 is 0. The second-order valence-corrected chi connectivity index (χ2v) is 9.61. The highest BCUT2D eigenvalue weighted by Crippen LogP contribution is 2.43. The minimum atomic E-state index is -0.871. The van der Waals surface area contributed by atoms with Crippen molar-refractivity contribution >= 4 is 17.4 Å². The van der Waals surface area contributed by atoms with Crippen LogP contribution in [-0.4, -0.2) is 53.6 Å². The van der Waals surface area contributed by atoms with Crippen LogP contribution in [0.4, 0.5) is 0 Å². The standard InChI is InChI=1S/C31H32N2O7/c1-3-4-5-14-38-23-8-6-21(17-25(23)37-2)28-27(29(34)22-7-9-24-26(18-22)40-16-15-39-24)30(35)31(36)33(28)19-20-10-12-32-13-11-20/h6-13,17-18,28,34H,3-5,14-16,19H2,1-2H3/b29-27-. The third-order valence-electron chi connectivity index (χ3n) is 6.97. The molecule has 0 radical (unpaired) electrons. The minimum Gasteiger partial charge on any atom is -0.507 e. The first-order chi connectivity index (χ1) is 19.5. The molecule has 2 aliphatic heterocycles. The fourth-order valence-electron chi connectivity index (χ4n) is 4.93. The topological polar surface area (TPSA) is 107 Å². The lowest BCUT2D eigenvalue weighted by atomic mass is 9.94. The molecular weight excluding hydrogens is 512 g/mol. The highest BCUT2D eigenvalue weighted by atomic mass is 16.6. The second-order valence-electron chi connectivity index (χ2n) is 9.61. The van der Waals surface area contributed by atoms with Crippen LogP contribution in [0.1, 0.15) is 48.9 Å². The summed E-state index contributed by atoms with van der Waals surface area (Å²) in [5.74, 6) is 0.283. The number of nitrogens with zero attached hydrogens (tertiary/aromatic N) is 2. The van der Waals surface area contributed by atoms with Gasteiger partial charge in [-0.25, -0.2) is 0 Å². The van der Waals surface area contributed by atoms with Gasteiger partial charge < -0.3 is 29.0 Å². The number of hydrogen-bond donors (Lipinski definition) is 1. The summed E-state index contributed by atoms with van der Waals surface area (Å²) in [7, 11) is 1.54. The van der Waals surface area contributed by atoms with E-state index in [0.29, 0.717) is 53.9 Å². The van der Waals surface area contributed by atoms with Crippen LogP contribution in [0.2, 0.25) is 0 Å². The maximum Gasteiger partial charge on any atom is 0.295 e. The van der Waals surface area contributed by atoms with Crippen molar-refractivity contribution < 1.29 is 33.6 Å². The zero-order valence-corrected chi connectivity index (χ0v) is 22.6. The van der Waals surface area contributed by atoms with E-state index >= 15 is 0 Å². The molecule has 0 aliphatic carbocycles. The Morgan fingerprint density at radius 2 is 1.77 bits per heavy atom. The lowest BCUT2D eigenvalue weighted by molar-refractivity contribution is -0.140. The maximum atomic E-state index is 13.5. The number of ether oxygens (including phenoxy) is 4. The molecule has 0 spiro atoms. The van der Waals surface area contributed by atoms with Gasteiger partial charge in [0.15, 0.2) is 23.0 Å². The lowest BCUT2D eigenvalue weighted by Gasteiger charge is -2.26. The molecule has 1 N–H and O–H groups in total. The quantitative estimate of drug-likeness (QED) is 0.164. The maximum absolute atomic E-state index is 13.5. The number of Topliss-reactive ketones (excluding diaryl/α,β-unsaturated/α-hetero) is 1. The highest BCUT2D eigenvalue weighted by molar-refractivity contribution is 6.46. The number of hydrogen-bond acceptors (Lipinski definition) is 8. The lowest BCUT2D eigenvalue weighted by Crippen LogP contribution is -2.29. The summed E-state index contributed by atoms with van der Waals surface area (Å²) in [6.07, 6.45) is 6.32. The Kier molecular flexibility index (Phi) is 8.19. The van der Waals surface area contributed by atoms with Crippen LogP contribution in [0.5, 0.6) is 23.0 Å². The molecule has 1 unspecified atom stereocenters. The van der Waals surface area contributed by atoms with Crippen molar-refractivity contribution in [3.05, 3.63) is 83.2 Å². The molecule has 1 atom stereocenters. The van der Waals surface area contributed by atoms with Gasteiger partial charge in [-0.15, -0.1) is 0 Å². The van der Waals surface area contributed by atoms with Crippen molar-refractivity contribution in [2.24, 2.45) is 0 Å². The first-order valence-electron chi connectivity index (χ1n) is 13.4. The highest BCUT2D eigenvalue weighted by Gasteiger charge is 2.46. The number of aromatic nitrogens is 1. The molecule has 9 nitrogen and oxygen atoms in total. The van der Waals surface area contributed by atoms with Crippen molar-refractivity contribution in [2.75, 3.05) is 26.9 Å². The SMILES string of the molecule is CCCCCOc1ccc(C2/C(=C(/O)c3ccc4c(c3)OCCO4)C(=O)C(=O)N2Cc2ccncc2)cc1OC. The Labute approximate surface area is 233 Å². The molecule has 2 aliphatic rings. The molecule has 9 heteroatoms. The third kappa shape index (κ3) is 5.45. The Hall–Kier alpha value is -4.53. The number of fused-ring (bicyclic) bond motifs is 1. The van der Waals surface area contributed by atoms with Gasteiger partial charge in [-0.1, -0.05) is 25.8 Å². The van der Waals surface area contributed by atoms with E-state index in [0.717, 1.165) is 24.8 Å². The van der Waals surface area contributed by atoms with Crippen molar-refractivity contribution in [1.29, 1.82) is 0 Å². The van der Waals surface area contributed by atoms with Gasteiger partial charge in [0.1, 0.15) is 19.0 Å². The van der Waals surface area contributed by atoms with Gasteiger partial charge in [0.25, 0.3) is 11.7 Å². The zero-order valence-electron chi connectivity index (χ0n) is 22.6. The fraction of sp³-hybridized carbons (Fsp3) is 0.323. The number of aliphatic hydroxyl groups is 1. The van der Waals surface area contributed by atoms with Crippen LogP contribution in [-0.2, 0) is 16.1 Å². The number of unbranched alkanes of at least 4 members (excludes halogenated alkanes) is 2. The normalized spacial score (nSPS) is 17.6. The molecule has 5 rings (SSSR count). The molecule has 0 bridgehead atoms. The van der Waals surface area contributed by atoms with Gasteiger partial charge in [0.05, 0.1) is 25.3 Å². The van der Waals surface area contributed by atoms with E-state index in [1.54, 1.807) is 68.0 Å². The summed E-state index contributed by atoms with van der Waals surface area (Å²) in [5.41, 5.74) is 1.72. The van der Waals surface area contributed by atoms with E-state index in [4.69, 9.17) is 18.9 Å². The predicted octanol–water partition coefficient (Wildman–Crippen LogP) is 5.05. The Morgan fingerprint density at radius 3 is 2.52 bits per heavy atom. The van der Waals surface area contributed by atoms with Crippen LogP contribution >= 0.6 is 0 Å². The van der Waals surface area contributed by atoms with E-state index in [1.807, 2.05) is 0 Å². The number of likely N-dealkylation sites (tertiary alicyclic amines) is 1. The minimum absolute atomic E-state index is 0.0191. The van der Waals surface area contributed by atoms with E-state index < -0.39 is 17.7 Å². The molecular formula is C31H32N2O7. The number of methoxy groups -OCH3 is 1. The molecule has 208 valence electrons. The van der Waals surface area contributed by atoms with E-state index in [9.17, 15) is 14.7 Å². The van der Waals surface area contributed by atoms with Gasteiger partial charge in [0.2, 0.25) is 0 Å². The van der Waals surface area contributed by atoms with Gasteiger partial charge in [-0.3, -0.25) is 14.6 Å². The number of ketones is 1. The van der Waals surface area contributed by atoms with Crippen molar-refractivity contribution in [3.63, 3.8) is 0 Å². The van der Waals surface area contributed by atoms with Crippen LogP contribution in [0.25, 0.3) is 5.76 Å². The van der Waals surface area contributed by atoms with Crippen molar-refractivity contribution in [3.8, 4) is 23.0 Å². The average molecular weight is 545 g/mol. The van der Waals surface area contributed by atoms with E-state index in [1.165, 1.54) is 4.90 Å². The van der Waals surface area contributed by atoms with Gasteiger partial charge >= 0.3 is 0 Å². The predicted molar refractivity (Wildman–Crippen MR) is 148 cm³/mol. The molecule has 1 saturated heterocycles. The number of aliphatic hydroxyl groups excluding tert-OH is 1. The number of carbonyl (C=O) groups excluding carboxylic acids is 2. The first kappa shape index (κ1) is 27.1. The largest absolute Gasteiger partial charge is 0.507 e. The molecule has 3 aromatic rings. The van der Waals surface area contributed by atoms with Crippen LogP contribution in [0.3, 0.4) is 0 Å². The monoisotopic (exact) mass is 544 g/mol. The van der Waals surface area contributed by atoms with Crippen LogP contribution < -0.4 is 18.9 Å². The van der Waals surface area contributed by atoms with Crippen LogP contribution in [0.15, 0.2) is 66.5 Å². The number of rotatable bonds is 10. The third-order valence-corrected chi connectivity index (χ3v) is 6.97. The smallest absolute Gasteiger partial charge is 0.295 e. The summed E-state index contributed by atoms with van der Waals surface area (Å²) < 4.78 is 22.8. The number of carbonyl (C=O) groups is 2. The molecule has 40 heavy (non-hydrogen) atoms. The Morgan fingerprint density at radius 1 is 1.00 bits per heavy atom. The molecule has 3 heterocycles. The first-order valence-corrected chi connectivity index (χ1v) is 13.4. The van der Waals surface area contributed by atoms with E-state index in [-0.39, 0.29) is 17.9 Å². The number of pyridine rings is 1. The fourth-order valence-corrected chi connectivity index (χ4v) is 4.93. The molecule has 1 aromatic heterocycles. The zero-order chi connectivity index (χ0) is 28.1. The summed E-state index contributed by atoms with van der Waals surface area (Å²) in [4.78, 5) is 32.4. The molecule has 0 saturated carbocycles. The second kappa shape index (κ2) is 12.1. The summed E-state index contributed by atoms with van der Waals surface area (Å²) in [5, 5.41) is 11.5. The molecule has 2 aromatic carbocycles. The molecule has 1 fully saturated rings. The van der Waals surface area contributed by atoms with E-state index in [2.05, 4.69) is 11.9 Å². The number of amides is 1. The van der Waals surface area contributed by atoms with Gasteiger partial charge in [-0.05, 0) is 60.0 Å². The Balaban J connectivity index is 1.58. The summed E-state index contributed by atoms with van der Waals surface area (Å²) in [6.45, 7) is 3.63. The van der Waals surface area contributed by atoms with Gasteiger partial charge in [0, 0.05) is 24.5 Å². The number of benzene rings is 2.